The molecule has 2 aliphatic carbocycles. The molecule has 3 aliphatic rings. The number of rotatable bonds is 8. The Labute approximate surface area is 160 Å². The topological polar surface area (TPSA) is 87.5 Å². The molecule has 1 aromatic rings. The van der Waals surface area contributed by atoms with Crippen molar-refractivity contribution in [2.75, 3.05) is 29.9 Å². The molecule has 0 radical (unpaired) electrons. The number of primary amides is 1. The number of nitrogens with zero attached hydrogens (tertiary/aromatic N) is 1. The van der Waals surface area contributed by atoms with Gasteiger partial charge in [0.1, 0.15) is 0 Å². The van der Waals surface area contributed by atoms with E-state index in [1.807, 2.05) is 18.2 Å². The maximum absolute atomic E-state index is 12.4. The van der Waals surface area contributed by atoms with Crippen molar-refractivity contribution in [1.82, 2.24) is 5.32 Å². The van der Waals surface area contributed by atoms with Gasteiger partial charge in [-0.15, -0.1) is 0 Å². The van der Waals surface area contributed by atoms with Crippen molar-refractivity contribution >= 4 is 23.2 Å². The molecule has 3 fully saturated rings. The summed E-state index contributed by atoms with van der Waals surface area (Å²) in [5.41, 5.74) is 7.71. The third-order valence-corrected chi connectivity index (χ3v) is 6.02. The zero-order valence-electron chi connectivity index (χ0n) is 15.9. The first-order chi connectivity index (χ1) is 13.1. The van der Waals surface area contributed by atoms with Gasteiger partial charge in [0.15, 0.2) is 0 Å². The van der Waals surface area contributed by atoms with Gasteiger partial charge in [-0.1, -0.05) is 0 Å². The Hall–Kier alpha value is -2.24. The fraction of sp³-hybridized carbons (Fsp3) is 0.619. The minimum Gasteiger partial charge on any atom is -0.376 e. The van der Waals surface area contributed by atoms with Crippen LogP contribution >= 0.6 is 0 Å². The Morgan fingerprint density at radius 1 is 1.07 bits per heavy atom. The van der Waals surface area contributed by atoms with Crippen molar-refractivity contribution in [2.45, 2.75) is 51.0 Å². The summed E-state index contributed by atoms with van der Waals surface area (Å²) in [4.78, 5) is 26.6. The second kappa shape index (κ2) is 7.79. The summed E-state index contributed by atoms with van der Waals surface area (Å²) in [6, 6.07) is 6.08. The molecular formula is C21H30N4O2. The van der Waals surface area contributed by atoms with Gasteiger partial charge < -0.3 is 21.3 Å². The molecule has 6 heteroatoms. The molecule has 6 nitrogen and oxygen atoms in total. The second-order valence-electron chi connectivity index (χ2n) is 8.26. The number of benzene rings is 1. The van der Waals surface area contributed by atoms with Crippen LogP contribution in [0.1, 0.15) is 55.3 Å². The molecule has 1 aromatic carbocycles. The molecule has 0 aromatic heterocycles. The number of hydrogen-bond donors (Lipinski definition) is 3. The second-order valence-corrected chi connectivity index (χ2v) is 8.26. The average molecular weight is 370 g/mol. The van der Waals surface area contributed by atoms with E-state index >= 15 is 0 Å². The van der Waals surface area contributed by atoms with Crippen LogP contribution in [0.3, 0.4) is 0 Å². The summed E-state index contributed by atoms with van der Waals surface area (Å²) >= 11 is 0. The van der Waals surface area contributed by atoms with Crippen LogP contribution in [0.4, 0.5) is 11.4 Å². The fourth-order valence-electron chi connectivity index (χ4n) is 4.18. The third kappa shape index (κ3) is 4.54. The number of nitrogens with one attached hydrogen (secondary N) is 2. The van der Waals surface area contributed by atoms with Crippen molar-refractivity contribution in [2.24, 2.45) is 17.6 Å². The lowest BCUT2D eigenvalue weighted by Crippen LogP contribution is -2.41. The largest absolute Gasteiger partial charge is 0.376 e. The van der Waals surface area contributed by atoms with Crippen LogP contribution in [0.2, 0.25) is 0 Å². The van der Waals surface area contributed by atoms with Crippen LogP contribution in [-0.2, 0) is 4.79 Å². The number of carbonyl (C=O) groups excluding carboxylic acids is 2. The number of piperidine rings is 1. The van der Waals surface area contributed by atoms with Crippen molar-refractivity contribution in [3.63, 3.8) is 0 Å². The number of nitrogens with two attached hydrogens (primary N) is 1. The first kappa shape index (κ1) is 18.1. The maximum Gasteiger partial charge on any atom is 0.250 e. The van der Waals surface area contributed by atoms with Gasteiger partial charge in [-0.25, -0.2) is 0 Å². The molecule has 1 aliphatic heterocycles. The van der Waals surface area contributed by atoms with Gasteiger partial charge in [0.25, 0.3) is 5.91 Å². The zero-order chi connectivity index (χ0) is 18.8. The van der Waals surface area contributed by atoms with Crippen LogP contribution in [0, 0.1) is 11.8 Å². The van der Waals surface area contributed by atoms with Crippen LogP contribution in [0.5, 0.6) is 0 Å². The van der Waals surface area contributed by atoms with Crippen LogP contribution in [-0.4, -0.2) is 37.5 Å². The predicted molar refractivity (Wildman–Crippen MR) is 107 cm³/mol. The van der Waals surface area contributed by atoms with E-state index in [0.717, 1.165) is 18.8 Å². The summed E-state index contributed by atoms with van der Waals surface area (Å²) < 4.78 is 0. The summed E-state index contributed by atoms with van der Waals surface area (Å²) in [6.07, 6.45) is 8.55. The molecule has 4 N–H and O–H groups in total. The highest BCUT2D eigenvalue weighted by molar-refractivity contribution is 6.00. The monoisotopic (exact) mass is 370 g/mol. The smallest absolute Gasteiger partial charge is 0.250 e. The minimum absolute atomic E-state index is 0.00525. The molecule has 1 saturated heterocycles. The molecule has 27 heavy (non-hydrogen) atoms. The molecule has 0 spiro atoms. The van der Waals surface area contributed by atoms with Gasteiger partial charge in [0.2, 0.25) is 5.91 Å². The molecule has 2 saturated carbocycles. The first-order valence-electron chi connectivity index (χ1n) is 10.3. The highest BCUT2D eigenvalue weighted by Crippen LogP contribution is 2.44. The number of amides is 2. The van der Waals surface area contributed by atoms with Crippen LogP contribution < -0.4 is 21.3 Å². The number of anilines is 2. The van der Waals surface area contributed by atoms with Crippen molar-refractivity contribution < 1.29 is 9.59 Å². The average Bonchev–Trinajstić information content (AvgIpc) is 3.58. The molecule has 2 amide bonds. The van der Waals surface area contributed by atoms with Crippen molar-refractivity contribution in [3.8, 4) is 0 Å². The van der Waals surface area contributed by atoms with E-state index in [0.29, 0.717) is 29.1 Å². The van der Waals surface area contributed by atoms with E-state index in [-0.39, 0.29) is 12.5 Å². The van der Waals surface area contributed by atoms with E-state index in [1.165, 1.54) is 44.9 Å². The Kier molecular flexibility index (Phi) is 5.23. The van der Waals surface area contributed by atoms with E-state index in [9.17, 15) is 9.59 Å². The first-order valence-corrected chi connectivity index (χ1v) is 10.3. The Morgan fingerprint density at radius 2 is 1.74 bits per heavy atom. The van der Waals surface area contributed by atoms with Crippen molar-refractivity contribution in [1.29, 1.82) is 0 Å². The Morgan fingerprint density at radius 3 is 2.33 bits per heavy atom. The van der Waals surface area contributed by atoms with Gasteiger partial charge in [-0.2, -0.15) is 0 Å². The summed E-state index contributed by atoms with van der Waals surface area (Å²) in [7, 11) is 0. The Balaban J connectivity index is 1.38. The predicted octanol–water partition coefficient (Wildman–Crippen LogP) is 2.49. The summed E-state index contributed by atoms with van der Waals surface area (Å²) in [5, 5.41) is 6.31. The standard InChI is InChI=1S/C21H30N4O2/c22-21(27)17-12-16(25-10-2-1-3-11-25)8-9-18(17)23-13-19(26)24-20(14-4-5-14)15-6-7-15/h8-9,12,14-15,20,23H,1-7,10-11,13H2,(H2,22,27)(H,24,26). The minimum atomic E-state index is -0.467. The van der Waals surface area contributed by atoms with Gasteiger partial charge >= 0.3 is 0 Å². The normalized spacial score (nSPS) is 19.8. The Bertz CT molecular complexity index is 694. The fourth-order valence-corrected chi connectivity index (χ4v) is 4.18. The van der Waals surface area contributed by atoms with E-state index in [2.05, 4.69) is 15.5 Å². The van der Waals surface area contributed by atoms with E-state index < -0.39 is 5.91 Å². The van der Waals surface area contributed by atoms with Gasteiger partial charge in [0.05, 0.1) is 12.1 Å². The van der Waals surface area contributed by atoms with E-state index in [4.69, 9.17) is 5.73 Å². The molecule has 0 bridgehead atoms. The molecular weight excluding hydrogens is 340 g/mol. The zero-order valence-corrected chi connectivity index (χ0v) is 15.9. The number of carbonyl (C=O) groups is 2. The van der Waals surface area contributed by atoms with Gasteiger partial charge in [0, 0.05) is 30.5 Å². The van der Waals surface area contributed by atoms with E-state index in [1.54, 1.807) is 0 Å². The molecule has 146 valence electrons. The summed E-state index contributed by atoms with van der Waals surface area (Å²) in [6.45, 7) is 2.19. The highest BCUT2D eigenvalue weighted by Gasteiger charge is 2.42. The lowest BCUT2D eigenvalue weighted by Gasteiger charge is -2.29. The molecule has 0 atom stereocenters. The SMILES string of the molecule is NC(=O)c1cc(N2CCCCC2)ccc1NCC(=O)NC(C1CC1)C1CC1. The van der Waals surface area contributed by atoms with Crippen LogP contribution in [0.15, 0.2) is 18.2 Å². The molecule has 4 rings (SSSR count). The number of hydrogen-bond acceptors (Lipinski definition) is 4. The molecule has 0 unspecified atom stereocenters. The lowest BCUT2D eigenvalue weighted by atomic mass is 10.1. The molecule has 1 heterocycles. The maximum atomic E-state index is 12.4. The van der Waals surface area contributed by atoms with Gasteiger partial charge in [-0.05, 0) is 75.0 Å². The van der Waals surface area contributed by atoms with Crippen molar-refractivity contribution in [3.05, 3.63) is 23.8 Å². The lowest BCUT2D eigenvalue weighted by molar-refractivity contribution is -0.120. The third-order valence-electron chi connectivity index (χ3n) is 6.02. The van der Waals surface area contributed by atoms with Gasteiger partial charge in [-0.3, -0.25) is 9.59 Å². The summed E-state index contributed by atoms with van der Waals surface area (Å²) in [5.74, 6) is 0.873. The quantitative estimate of drug-likeness (QED) is 0.656. The highest BCUT2D eigenvalue weighted by atomic mass is 16.2. The van der Waals surface area contributed by atoms with Crippen LogP contribution in [0.25, 0.3) is 0 Å².